The number of aromatic nitrogens is 2. The molecule has 0 aliphatic carbocycles. The first-order valence-corrected chi connectivity index (χ1v) is 9.02. The van der Waals surface area contributed by atoms with Crippen LogP contribution in [0.1, 0.15) is 18.4 Å². The molecule has 152 valence electrons. The summed E-state index contributed by atoms with van der Waals surface area (Å²) in [5.74, 6) is -1.36. The number of rotatable bonds is 10. The Morgan fingerprint density at radius 1 is 1.14 bits per heavy atom. The van der Waals surface area contributed by atoms with Crippen LogP contribution in [0.5, 0.6) is 0 Å². The van der Waals surface area contributed by atoms with Crippen LogP contribution in [0.2, 0.25) is 0 Å². The molecule has 0 radical (unpaired) electrons. The van der Waals surface area contributed by atoms with Crippen LogP contribution in [-0.2, 0) is 6.54 Å². The molecule has 0 bridgehead atoms. The normalized spacial score (nSPS) is 11.0. The van der Waals surface area contributed by atoms with Gasteiger partial charge in [0.25, 0.3) is 0 Å². The monoisotopic (exact) mass is 391 g/mol. The zero-order valence-electron chi connectivity index (χ0n) is 15.6. The highest BCUT2D eigenvalue weighted by Gasteiger charge is 2.12. The quantitative estimate of drug-likeness (QED) is 0.460. The van der Waals surface area contributed by atoms with Crippen molar-refractivity contribution in [2.24, 2.45) is 17.2 Å². The van der Waals surface area contributed by atoms with Crippen molar-refractivity contribution in [3.05, 3.63) is 52.3 Å². The Bertz CT molecular complexity index is 831. The Kier molecular flexibility index (Phi) is 8.05. The van der Waals surface area contributed by atoms with E-state index < -0.39 is 23.4 Å². The number of carbonyl (C=O) groups is 1. The Morgan fingerprint density at radius 2 is 1.75 bits per heavy atom. The van der Waals surface area contributed by atoms with Crippen molar-refractivity contribution in [2.45, 2.75) is 19.4 Å². The van der Waals surface area contributed by atoms with Crippen LogP contribution in [0.15, 0.2) is 35.3 Å². The second-order valence-corrected chi connectivity index (χ2v) is 6.31. The van der Waals surface area contributed by atoms with Crippen LogP contribution < -0.4 is 28.2 Å². The second-order valence-electron chi connectivity index (χ2n) is 6.31. The van der Waals surface area contributed by atoms with E-state index in [0.717, 1.165) is 48.8 Å². The number of nitrogens with one attached hydrogen (secondary N) is 1. The molecule has 0 aliphatic heterocycles. The van der Waals surface area contributed by atoms with Gasteiger partial charge in [-0.25, -0.2) is 14.0 Å². The molecule has 0 spiro atoms. The number of halogens is 1. The molecule has 28 heavy (non-hydrogen) atoms. The molecule has 0 saturated heterocycles. The van der Waals surface area contributed by atoms with Gasteiger partial charge in [-0.3, -0.25) is 14.8 Å². The summed E-state index contributed by atoms with van der Waals surface area (Å²) in [5.41, 5.74) is 16.9. The van der Waals surface area contributed by atoms with Gasteiger partial charge in [0.1, 0.15) is 0 Å². The van der Waals surface area contributed by atoms with Gasteiger partial charge >= 0.3 is 11.7 Å². The predicted octanol–water partition coefficient (Wildman–Crippen LogP) is 0.362. The van der Waals surface area contributed by atoms with Crippen molar-refractivity contribution in [2.75, 3.05) is 31.5 Å². The Morgan fingerprint density at radius 3 is 2.29 bits per heavy atom. The molecule has 0 saturated carbocycles. The van der Waals surface area contributed by atoms with E-state index in [9.17, 15) is 14.0 Å². The van der Waals surface area contributed by atoms with Gasteiger partial charge in [-0.2, -0.15) is 4.98 Å². The highest BCUT2D eigenvalue weighted by atomic mass is 19.1. The van der Waals surface area contributed by atoms with Crippen molar-refractivity contribution >= 4 is 11.8 Å². The van der Waals surface area contributed by atoms with Crippen molar-refractivity contribution in [1.82, 2.24) is 14.5 Å². The molecule has 2 rings (SSSR count). The van der Waals surface area contributed by atoms with Crippen molar-refractivity contribution in [3.8, 4) is 5.69 Å². The SMILES string of the molecule is NCCCN(CCCN)Cc1ccc(-n2cc(F)c(NC(N)=O)nc2=O)cc1. The number of benzene rings is 1. The minimum absolute atomic E-state index is 0.459. The number of urea groups is 1. The Balaban J connectivity index is 2.16. The summed E-state index contributed by atoms with van der Waals surface area (Å²) >= 11 is 0. The summed E-state index contributed by atoms with van der Waals surface area (Å²) in [4.78, 5) is 28.7. The number of hydrogen-bond donors (Lipinski definition) is 4. The standard InChI is InChI=1S/C18H26FN7O2/c19-15-12-26(18(28)24-16(15)23-17(22)27)14-5-3-13(4-6-14)11-25(9-1-7-20)10-2-8-21/h3-6,12H,1-2,7-11,20-21H2,(H3,22,23,24,27,28). The van der Waals surface area contributed by atoms with E-state index in [2.05, 4.69) is 9.88 Å². The molecule has 1 aromatic carbocycles. The van der Waals surface area contributed by atoms with E-state index in [-0.39, 0.29) is 0 Å². The van der Waals surface area contributed by atoms with Gasteiger partial charge in [-0.05, 0) is 56.7 Å². The van der Waals surface area contributed by atoms with Crippen molar-refractivity contribution in [3.63, 3.8) is 0 Å². The summed E-state index contributed by atoms with van der Waals surface area (Å²) in [7, 11) is 0. The maximum atomic E-state index is 14.0. The van der Waals surface area contributed by atoms with Crippen LogP contribution in [0.25, 0.3) is 5.69 Å². The summed E-state index contributed by atoms with van der Waals surface area (Å²) < 4.78 is 15.1. The molecular weight excluding hydrogens is 365 g/mol. The zero-order valence-corrected chi connectivity index (χ0v) is 15.6. The van der Waals surface area contributed by atoms with Gasteiger partial charge in [-0.1, -0.05) is 12.1 Å². The maximum Gasteiger partial charge on any atom is 0.354 e. The first-order chi connectivity index (χ1) is 13.4. The number of primary amides is 1. The smallest absolute Gasteiger partial charge is 0.351 e. The zero-order chi connectivity index (χ0) is 20.5. The lowest BCUT2D eigenvalue weighted by Crippen LogP contribution is -2.28. The first kappa shape index (κ1) is 21.5. The molecule has 1 aromatic heterocycles. The average molecular weight is 391 g/mol. The predicted molar refractivity (Wildman–Crippen MR) is 106 cm³/mol. The Hall–Kier alpha value is -2.82. The van der Waals surface area contributed by atoms with Crippen molar-refractivity contribution < 1.29 is 9.18 Å². The molecule has 0 atom stereocenters. The topological polar surface area (TPSA) is 145 Å². The molecule has 2 amide bonds. The van der Waals surface area contributed by atoms with E-state index in [4.69, 9.17) is 17.2 Å². The fourth-order valence-electron chi connectivity index (χ4n) is 2.74. The summed E-state index contributed by atoms with van der Waals surface area (Å²) in [5, 5.41) is 1.97. The number of nitrogens with zero attached hydrogens (tertiary/aromatic N) is 3. The van der Waals surface area contributed by atoms with Gasteiger partial charge in [0, 0.05) is 6.54 Å². The van der Waals surface area contributed by atoms with E-state index in [0.29, 0.717) is 18.8 Å². The van der Waals surface area contributed by atoms with Crippen molar-refractivity contribution in [1.29, 1.82) is 0 Å². The molecule has 1 heterocycles. The Labute approximate surface area is 162 Å². The highest BCUT2D eigenvalue weighted by molar-refractivity contribution is 5.86. The lowest BCUT2D eigenvalue weighted by molar-refractivity contribution is 0.259. The van der Waals surface area contributed by atoms with Gasteiger partial charge in [-0.15, -0.1) is 0 Å². The molecule has 0 fully saturated rings. The first-order valence-electron chi connectivity index (χ1n) is 9.02. The molecular formula is C18H26FN7O2. The summed E-state index contributed by atoms with van der Waals surface area (Å²) in [6.45, 7) is 3.73. The molecule has 2 aromatic rings. The fraction of sp³-hybridized carbons (Fsp3) is 0.389. The molecule has 0 aliphatic rings. The van der Waals surface area contributed by atoms with Crippen LogP contribution in [0.3, 0.4) is 0 Å². The fourth-order valence-corrected chi connectivity index (χ4v) is 2.74. The van der Waals surface area contributed by atoms with E-state index >= 15 is 0 Å². The van der Waals surface area contributed by atoms with Gasteiger partial charge < -0.3 is 17.2 Å². The summed E-state index contributed by atoms with van der Waals surface area (Å²) in [6.07, 6.45) is 2.76. The largest absolute Gasteiger partial charge is 0.354 e. The van der Waals surface area contributed by atoms with Gasteiger partial charge in [0.05, 0.1) is 11.9 Å². The van der Waals surface area contributed by atoms with Gasteiger partial charge in [0.15, 0.2) is 11.6 Å². The minimum atomic E-state index is -0.998. The van der Waals surface area contributed by atoms with Gasteiger partial charge in [0.2, 0.25) is 0 Å². The number of hydrogen-bond acceptors (Lipinski definition) is 6. The van der Waals surface area contributed by atoms with Crippen LogP contribution >= 0.6 is 0 Å². The molecule has 7 N–H and O–H groups in total. The van der Waals surface area contributed by atoms with E-state index in [1.807, 2.05) is 17.4 Å². The third-order valence-electron chi connectivity index (χ3n) is 4.10. The lowest BCUT2D eigenvalue weighted by Gasteiger charge is -2.22. The molecule has 0 unspecified atom stereocenters. The third-order valence-corrected chi connectivity index (χ3v) is 4.10. The van der Waals surface area contributed by atoms with E-state index in [1.54, 1.807) is 12.1 Å². The molecule has 9 nitrogen and oxygen atoms in total. The lowest BCUT2D eigenvalue weighted by atomic mass is 10.1. The number of carbonyl (C=O) groups excluding carboxylic acids is 1. The molecule has 10 heteroatoms. The minimum Gasteiger partial charge on any atom is -0.351 e. The van der Waals surface area contributed by atoms with E-state index in [1.165, 1.54) is 0 Å². The number of amides is 2. The number of nitrogens with two attached hydrogens (primary N) is 3. The summed E-state index contributed by atoms with van der Waals surface area (Å²) in [6, 6.07) is 6.16. The number of anilines is 1. The van der Waals surface area contributed by atoms with Crippen LogP contribution in [-0.4, -0.2) is 46.7 Å². The average Bonchev–Trinajstić information content (AvgIpc) is 2.67. The van der Waals surface area contributed by atoms with Crippen LogP contribution in [0.4, 0.5) is 15.0 Å². The third kappa shape index (κ3) is 6.12. The highest BCUT2D eigenvalue weighted by Crippen LogP contribution is 2.13. The maximum absolute atomic E-state index is 14.0. The van der Waals surface area contributed by atoms with Crippen LogP contribution in [0, 0.1) is 5.82 Å². The second kappa shape index (κ2) is 10.5.